The summed E-state index contributed by atoms with van der Waals surface area (Å²) < 4.78 is 10.9. The number of fused-ring (bicyclic) bond motifs is 1. The Morgan fingerprint density at radius 2 is 2.21 bits per heavy atom. The van der Waals surface area contributed by atoms with E-state index in [1.807, 2.05) is 0 Å². The van der Waals surface area contributed by atoms with Crippen molar-refractivity contribution in [2.75, 3.05) is 13.2 Å². The zero-order valence-electron chi connectivity index (χ0n) is 7.40. The van der Waals surface area contributed by atoms with Crippen LogP contribution in [0.1, 0.15) is 0 Å². The first kappa shape index (κ1) is 11.4. The average Bonchev–Trinajstić information content (AvgIpc) is 2.17. The molecule has 14 heavy (non-hydrogen) atoms. The van der Waals surface area contributed by atoms with E-state index in [9.17, 15) is 0 Å². The molecule has 0 radical (unpaired) electrons. The molecule has 0 aliphatic carbocycles. The number of halogens is 2. The van der Waals surface area contributed by atoms with Crippen molar-refractivity contribution in [1.29, 1.82) is 0 Å². The van der Waals surface area contributed by atoms with Gasteiger partial charge in [0, 0.05) is 17.6 Å². The zero-order chi connectivity index (χ0) is 9.26. The Labute approximate surface area is 93.5 Å². The first-order valence-electron chi connectivity index (χ1n) is 4.08. The number of ether oxygens (including phenoxy) is 2. The van der Waals surface area contributed by atoms with E-state index in [4.69, 9.17) is 26.8 Å². The van der Waals surface area contributed by atoms with Gasteiger partial charge >= 0.3 is 0 Å². The number of benzene rings is 1. The van der Waals surface area contributed by atoms with Crippen LogP contribution in [0.3, 0.4) is 0 Å². The minimum absolute atomic E-state index is 0. The summed E-state index contributed by atoms with van der Waals surface area (Å²) >= 11 is 5.79. The van der Waals surface area contributed by atoms with Gasteiger partial charge in [-0.1, -0.05) is 11.6 Å². The van der Waals surface area contributed by atoms with Crippen LogP contribution in [0.2, 0.25) is 5.02 Å². The van der Waals surface area contributed by atoms with E-state index in [0.29, 0.717) is 29.7 Å². The molecule has 0 saturated carbocycles. The summed E-state index contributed by atoms with van der Waals surface area (Å²) in [4.78, 5) is 0. The van der Waals surface area contributed by atoms with Crippen LogP contribution in [0.15, 0.2) is 18.2 Å². The first-order chi connectivity index (χ1) is 6.29. The molecular formula is C9H11Cl2NO2. The highest BCUT2D eigenvalue weighted by molar-refractivity contribution is 6.30. The molecule has 1 atom stereocenters. The molecule has 1 aliphatic rings. The summed E-state index contributed by atoms with van der Waals surface area (Å²) in [7, 11) is 0. The van der Waals surface area contributed by atoms with E-state index in [-0.39, 0.29) is 18.5 Å². The highest BCUT2D eigenvalue weighted by atomic mass is 35.5. The normalized spacial score (nSPS) is 18.6. The predicted octanol–water partition coefficient (Wildman–Crippen LogP) is 1.86. The fraction of sp³-hybridized carbons (Fsp3) is 0.333. The van der Waals surface area contributed by atoms with Crippen LogP contribution in [0.4, 0.5) is 0 Å². The first-order valence-corrected chi connectivity index (χ1v) is 4.46. The van der Waals surface area contributed by atoms with Crippen LogP contribution in [-0.2, 0) is 0 Å². The molecule has 0 fully saturated rings. The van der Waals surface area contributed by atoms with Crippen molar-refractivity contribution < 1.29 is 9.47 Å². The molecule has 0 aromatic heterocycles. The molecule has 3 nitrogen and oxygen atoms in total. The molecule has 78 valence electrons. The van der Waals surface area contributed by atoms with Crippen molar-refractivity contribution in [2.45, 2.75) is 6.10 Å². The summed E-state index contributed by atoms with van der Waals surface area (Å²) in [6, 6.07) is 5.30. The van der Waals surface area contributed by atoms with Gasteiger partial charge in [-0.3, -0.25) is 0 Å². The van der Waals surface area contributed by atoms with Crippen molar-refractivity contribution >= 4 is 24.0 Å². The molecule has 0 spiro atoms. The van der Waals surface area contributed by atoms with Gasteiger partial charge in [-0.05, 0) is 12.1 Å². The Morgan fingerprint density at radius 1 is 1.43 bits per heavy atom. The van der Waals surface area contributed by atoms with E-state index in [1.54, 1.807) is 18.2 Å². The second-order valence-electron chi connectivity index (χ2n) is 2.88. The largest absolute Gasteiger partial charge is 0.486 e. The smallest absolute Gasteiger partial charge is 0.162 e. The Hall–Kier alpha value is -0.640. The maximum absolute atomic E-state index is 5.79. The third-order valence-electron chi connectivity index (χ3n) is 1.89. The number of hydrogen-bond donors (Lipinski definition) is 1. The van der Waals surface area contributed by atoms with E-state index < -0.39 is 0 Å². The SMILES string of the molecule is Cl.NC[C@@H]1COc2cc(Cl)ccc2O1. The van der Waals surface area contributed by atoms with E-state index in [1.165, 1.54) is 0 Å². The van der Waals surface area contributed by atoms with Crippen molar-refractivity contribution in [3.63, 3.8) is 0 Å². The number of rotatable bonds is 1. The Kier molecular flexibility index (Phi) is 3.86. The third kappa shape index (κ3) is 2.23. The zero-order valence-corrected chi connectivity index (χ0v) is 8.98. The third-order valence-corrected chi connectivity index (χ3v) is 2.12. The van der Waals surface area contributed by atoms with Crippen LogP contribution in [-0.4, -0.2) is 19.3 Å². The van der Waals surface area contributed by atoms with E-state index in [0.717, 1.165) is 0 Å². The Bertz CT molecular complexity index is 320. The van der Waals surface area contributed by atoms with Gasteiger partial charge in [-0.15, -0.1) is 12.4 Å². The highest BCUT2D eigenvalue weighted by Gasteiger charge is 2.19. The monoisotopic (exact) mass is 235 g/mol. The minimum atomic E-state index is -0.0475. The van der Waals surface area contributed by atoms with Crippen molar-refractivity contribution in [2.24, 2.45) is 5.73 Å². The van der Waals surface area contributed by atoms with Gasteiger partial charge in [0.15, 0.2) is 11.5 Å². The minimum Gasteiger partial charge on any atom is -0.486 e. The lowest BCUT2D eigenvalue weighted by Gasteiger charge is -2.25. The fourth-order valence-corrected chi connectivity index (χ4v) is 1.37. The molecule has 1 heterocycles. The van der Waals surface area contributed by atoms with Gasteiger partial charge in [0.2, 0.25) is 0 Å². The van der Waals surface area contributed by atoms with Crippen LogP contribution in [0.25, 0.3) is 0 Å². The van der Waals surface area contributed by atoms with Crippen LogP contribution in [0, 0.1) is 0 Å². The predicted molar refractivity (Wildman–Crippen MR) is 57.7 cm³/mol. The lowest BCUT2D eigenvalue weighted by atomic mass is 10.2. The van der Waals surface area contributed by atoms with Gasteiger partial charge in [0.25, 0.3) is 0 Å². The van der Waals surface area contributed by atoms with Crippen LogP contribution < -0.4 is 15.2 Å². The topological polar surface area (TPSA) is 44.5 Å². The quantitative estimate of drug-likeness (QED) is 0.809. The Morgan fingerprint density at radius 3 is 2.93 bits per heavy atom. The lowest BCUT2D eigenvalue weighted by molar-refractivity contribution is 0.0969. The van der Waals surface area contributed by atoms with Crippen molar-refractivity contribution in [3.8, 4) is 11.5 Å². The molecule has 0 bridgehead atoms. The molecule has 1 aromatic carbocycles. The molecular weight excluding hydrogens is 225 g/mol. The van der Waals surface area contributed by atoms with Crippen LogP contribution in [0.5, 0.6) is 11.5 Å². The standard InChI is InChI=1S/C9H10ClNO2.ClH/c10-6-1-2-8-9(3-6)12-5-7(4-11)13-8;/h1-3,7H,4-5,11H2;1H/t7-;/m1./s1. The van der Waals surface area contributed by atoms with E-state index in [2.05, 4.69) is 0 Å². The van der Waals surface area contributed by atoms with Crippen molar-refractivity contribution in [3.05, 3.63) is 23.2 Å². The maximum atomic E-state index is 5.79. The summed E-state index contributed by atoms with van der Waals surface area (Å²) in [5, 5.41) is 0.647. The van der Waals surface area contributed by atoms with Gasteiger partial charge in [-0.25, -0.2) is 0 Å². The number of nitrogens with two attached hydrogens (primary N) is 1. The second-order valence-corrected chi connectivity index (χ2v) is 3.31. The second kappa shape index (κ2) is 4.73. The van der Waals surface area contributed by atoms with Gasteiger partial charge in [-0.2, -0.15) is 0 Å². The summed E-state index contributed by atoms with van der Waals surface area (Å²) in [6.07, 6.45) is -0.0475. The molecule has 2 rings (SSSR count). The molecule has 2 N–H and O–H groups in total. The molecule has 1 aromatic rings. The molecule has 0 saturated heterocycles. The maximum Gasteiger partial charge on any atom is 0.162 e. The summed E-state index contributed by atoms with van der Waals surface area (Å²) in [5.74, 6) is 1.41. The molecule has 5 heteroatoms. The summed E-state index contributed by atoms with van der Waals surface area (Å²) in [6.45, 7) is 0.950. The van der Waals surface area contributed by atoms with Gasteiger partial charge in [0.05, 0.1) is 0 Å². The lowest BCUT2D eigenvalue weighted by Crippen LogP contribution is -2.35. The Balaban J connectivity index is 0.000000980. The van der Waals surface area contributed by atoms with E-state index >= 15 is 0 Å². The van der Waals surface area contributed by atoms with Crippen molar-refractivity contribution in [1.82, 2.24) is 0 Å². The molecule has 1 aliphatic heterocycles. The average molecular weight is 236 g/mol. The molecule has 0 amide bonds. The van der Waals surface area contributed by atoms with Gasteiger partial charge < -0.3 is 15.2 Å². The summed E-state index contributed by atoms with van der Waals surface area (Å²) in [5.41, 5.74) is 5.46. The highest BCUT2D eigenvalue weighted by Crippen LogP contribution is 2.33. The van der Waals surface area contributed by atoms with Gasteiger partial charge in [0.1, 0.15) is 12.7 Å². The fourth-order valence-electron chi connectivity index (χ4n) is 1.20. The number of hydrogen-bond acceptors (Lipinski definition) is 3. The van der Waals surface area contributed by atoms with Crippen LogP contribution >= 0.6 is 24.0 Å². The molecule has 0 unspecified atom stereocenters.